The number of methoxy groups -OCH3 is 1. The quantitative estimate of drug-likeness (QED) is 0.524. The standard InChI is InChI=1S/C22H21NO4S/c1-16(24)17-5-3-6-20(13-17)27-15-22(25)23(14-21-7-4-12-28-21)18-8-10-19(26-2)11-9-18/h3-13H,14-15H2,1-2H3. The predicted octanol–water partition coefficient (Wildman–Crippen LogP) is 4.57. The van der Waals surface area contributed by atoms with Gasteiger partial charge in [0.15, 0.2) is 12.4 Å². The van der Waals surface area contributed by atoms with Gasteiger partial charge < -0.3 is 14.4 Å². The molecular formula is C22H21NO4S. The van der Waals surface area contributed by atoms with Crippen LogP contribution < -0.4 is 14.4 Å². The van der Waals surface area contributed by atoms with Crippen LogP contribution in [0.15, 0.2) is 66.0 Å². The van der Waals surface area contributed by atoms with E-state index in [1.54, 1.807) is 47.6 Å². The number of thiophene rings is 1. The summed E-state index contributed by atoms with van der Waals surface area (Å²) in [4.78, 5) is 27.2. The Labute approximate surface area is 168 Å². The molecule has 2 aromatic carbocycles. The number of anilines is 1. The molecule has 0 aliphatic carbocycles. The van der Waals surface area contributed by atoms with Crippen LogP contribution in [0, 0.1) is 0 Å². The lowest BCUT2D eigenvalue weighted by molar-refractivity contribution is -0.120. The van der Waals surface area contributed by atoms with Gasteiger partial charge in [-0.15, -0.1) is 11.3 Å². The van der Waals surface area contributed by atoms with E-state index < -0.39 is 0 Å². The molecule has 3 aromatic rings. The van der Waals surface area contributed by atoms with Crippen LogP contribution in [0.2, 0.25) is 0 Å². The lowest BCUT2D eigenvalue weighted by Crippen LogP contribution is -2.34. The number of rotatable bonds is 8. The van der Waals surface area contributed by atoms with Crippen LogP contribution in [-0.4, -0.2) is 25.4 Å². The van der Waals surface area contributed by atoms with Gasteiger partial charge in [0.2, 0.25) is 0 Å². The Morgan fingerprint density at radius 1 is 1.00 bits per heavy atom. The highest BCUT2D eigenvalue weighted by Gasteiger charge is 2.18. The van der Waals surface area contributed by atoms with E-state index in [1.165, 1.54) is 6.92 Å². The van der Waals surface area contributed by atoms with E-state index in [9.17, 15) is 9.59 Å². The van der Waals surface area contributed by atoms with Crippen molar-refractivity contribution in [1.29, 1.82) is 0 Å². The first-order valence-corrected chi connectivity index (χ1v) is 9.65. The van der Waals surface area contributed by atoms with Crippen molar-refractivity contribution in [2.75, 3.05) is 18.6 Å². The predicted molar refractivity (Wildman–Crippen MR) is 110 cm³/mol. The van der Waals surface area contributed by atoms with E-state index in [0.717, 1.165) is 16.3 Å². The number of nitrogens with zero attached hydrogens (tertiary/aromatic N) is 1. The minimum absolute atomic E-state index is 0.0469. The Balaban J connectivity index is 1.75. The molecule has 3 rings (SSSR count). The van der Waals surface area contributed by atoms with E-state index in [4.69, 9.17) is 9.47 Å². The molecule has 0 aliphatic heterocycles. The molecule has 0 unspecified atom stereocenters. The van der Waals surface area contributed by atoms with Gasteiger partial charge in [-0.1, -0.05) is 18.2 Å². The minimum atomic E-state index is -0.174. The summed E-state index contributed by atoms with van der Waals surface area (Å²) < 4.78 is 10.9. The van der Waals surface area contributed by atoms with Crippen molar-refractivity contribution in [2.24, 2.45) is 0 Å². The summed E-state index contributed by atoms with van der Waals surface area (Å²) in [6.45, 7) is 1.83. The van der Waals surface area contributed by atoms with E-state index in [-0.39, 0.29) is 18.3 Å². The average molecular weight is 395 g/mol. The topological polar surface area (TPSA) is 55.8 Å². The Morgan fingerprint density at radius 2 is 1.79 bits per heavy atom. The van der Waals surface area contributed by atoms with Crippen molar-refractivity contribution in [3.05, 3.63) is 76.5 Å². The van der Waals surface area contributed by atoms with Gasteiger partial charge in [-0.05, 0) is 54.8 Å². The first-order chi connectivity index (χ1) is 13.6. The zero-order valence-electron chi connectivity index (χ0n) is 15.8. The number of ketones is 1. The maximum atomic E-state index is 12.9. The SMILES string of the molecule is COc1ccc(N(Cc2cccs2)C(=O)COc2cccc(C(C)=O)c2)cc1. The maximum Gasteiger partial charge on any atom is 0.265 e. The number of carbonyl (C=O) groups is 2. The third-order valence-corrected chi connectivity index (χ3v) is 5.04. The van der Waals surface area contributed by atoms with Crippen LogP contribution in [0.25, 0.3) is 0 Å². The van der Waals surface area contributed by atoms with Gasteiger partial charge in [0, 0.05) is 16.1 Å². The van der Waals surface area contributed by atoms with Crippen LogP contribution in [0.3, 0.4) is 0 Å². The van der Waals surface area contributed by atoms with E-state index in [1.807, 2.05) is 41.8 Å². The third-order valence-electron chi connectivity index (χ3n) is 4.18. The summed E-state index contributed by atoms with van der Waals surface area (Å²) in [6.07, 6.45) is 0. The molecule has 0 spiro atoms. The molecule has 5 nitrogen and oxygen atoms in total. The second-order valence-corrected chi connectivity index (χ2v) is 7.16. The van der Waals surface area contributed by atoms with Crippen LogP contribution in [-0.2, 0) is 11.3 Å². The van der Waals surface area contributed by atoms with Crippen molar-refractivity contribution in [3.63, 3.8) is 0 Å². The molecule has 0 radical (unpaired) electrons. The molecule has 1 amide bonds. The molecule has 28 heavy (non-hydrogen) atoms. The van der Waals surface area contributed by atoms with Crippen molar-refractivity contribution in [3.8, 4) is 11.5 Å². The Hall–Kier alpha value is -3.12. The average Bonchev–Trinajstić information content (AvgIpc) is 3.24. The number of benzene rings is 2. The molecule has 0 fully saturated rings. The molecule has 0 atom stereocenters. The summed E-state index contributed by atoms with van der Waals surface area (Å²) in [7, 11) is 1.60. The van der Waals surface area contributed by atoms with E-state index in [0.29, 0.717) is 17.9 Å². The lowest BCUT2D eigenvalue weighted by atomic mass is 10.1. The number of carbonyl (C=O) groups excluding carboxylic acids is 2. The molecular weight excluding hydrogens is 374 g/mol. The van der Waals surface area contributed by atoms with Gasteiger partial charge in [-0.2, -0.15) is 0 Å². The Bertz CT molecular complexity index is 935. The fourth-order valence-corrected chi connectivity index (χ4v) is 3.36. The smallest absolute Gasteiger partial charge is 0.265 e. The zero-order chi connectivity index (χ0) is 19.9. The summed E-state index contributed by atoms with van der Waals surface area (Å²) in [5.74, 6) is 0.998. The highest BCUT2D eigenvalue weighted by Crippen LogP contribution is 2.23. The zero-order valence-corrected chi connectivity index (χ0v) is 16.6. The van der Waals surface area contributed by atoms with Crippen LogP contribution >= 0.6 is 11.3 Å². The highest BCUT2D eigenvalue weighted by molar-refractivity contribution is 7.09. The normalized spacial score (nSPS) is 10.4. The number of ether oxygens (including phenoxy) is 2. The maximum absolute atomic E-state index is 12.9. The summed E-state index contributed by atoms with van der Waals surface area (Å²) in [5, 5.41) is 1.98. The fourth-order valence-electron chi connectivity index (χ4n) is 2.67. The Kier molecular flexibility index (Phi) is 6.45. The third kappa shape index (κ3) is 4.98. The molecule has 1 heterocycles. The van der Waals surface area contributed by atoms with Gasteiger partial charge in [0.05, 0.1) is 13.7 Å². The second-order valence-electron chi connectivity index (χ2n) is 6.13. The van der Waals surface area contributed by atoms with Gasteiger partial charge >= 0.3 is 0 Å². The molecule has 0 saturated heterocycles. The number of hydrogen-bond acceptors (Lipinski definition) is 5. The molecule has 0 saturated carbocycles. The minimum Gasteiger partial charge on any atom is -0.497 e. The molecule has 1 aromatic heterocycles. The van der Waals surface area contributed by atoms with E-state index in [2.05, 4.69) is 0 Å². The second kappa shape index (κ2) is 9.19. The van der Waals surface area contributed by atoms with Crippen molar-refractivity contribution in [2.45, 2.75) is 13.5 Å². The number of amides is 1. The van der Waals surface area contributed by atoms with Crippen molar-refractivity contribution < 1.29 is 19.1 Å². The summed E-state index contributed by atoms with van der Waals surface area (Å²) in [5.41, 5.74) is 1.32. The van der Waals surface area contributed by atoms with Crippen LogP contribution in [0.1, 0.15) is 22.2 Å². The largest absolute Gasteiger partial charge is 0.497 e. The monoisotopic (exact) mass is 395 g/mol. The molecule has 144 valence electrons. The molecule has 0 aliphatic rings. The molecule has 6 heteroatoms. The van der Waals surface area contributed by atoms with Crippen LogP contribution in [0.4, 0.5) is 5.69 Å². The van der Waals surface area contributed by atoms with E-state index >= 15 is 0 Å². The Morgan fingerprint density at radius 3 is 2.43 bits per heavy atom. The molecule has 0 N–H and O–H groups in total. The first kappa shape index (κ1) is 19.6. The highest BCUT2D eigenvalue weighted by atomic mass is 32.1. The summed E-state index contributed by atoms with van der Waals surface area (Å²) in [6, 6.07) is 18.1. The van der Waals surface area contributed by atoms with Crippen LogP contribution in [0.5, 0.6) is 11.5 Å². The summed E-state index contributed by atoms with van der Waals surface area (Å²) >= 11 is 1.59. The van der Waals surface area contributed by atoms with Gasteiger partial charge in [0.1, 0.15) is 11.5 Å². The van der Waals surface area contributed by atoms with Gasteiger partial charge in [0.25, 0.3) is 5.91 Å². The molecule has 0 bridgehead atoms. The van der Waals surface area contributed by atoms with Crippen molar-refractivity contribution in [1.82, 2.24) is 0 Å². The first-order valence-electron chi connectivity index (χ1n) is 8.77. The van der Waals surface area contributed by atoms with Crippen molar-refractivity contribution >= 4 is 28.7 Å². The number of hydrogen-bond donors (Lipinski definition) is 0. The number of Topliss-reactive ketones (excluding diaryl/α,β-unsaturated/α-hetero) is 1. The van der Waals surface area contributed by atoms with Gasteiger partial charge in [-0.3, -0.25) is 9.59 Å². The van der Waals surface area contributed by atoms with Gasteiger partial charge in [-0.25, -0.2) is 0 Å². The lowest BCUT2D eigenvalue weighted by Gasteiger charge is -2.22. The fraction of sp³-hybridized carbons (Fsp3) is 0.182.